The fourth-order valence-corrected chi connectivity index (χ4v) is 1.72. The van der Waals surface area contributed by atoms with Crippen LogP contribution in [0.4, 0.5) is 5.69 Å². The monoisotopic (exact) mass is 262 g/mol. The number of hydrogen-bond donors (Lipinski definition) is 2. The molecule has 0 aliphatic carbocycles. The number of anilines is 1. The second-order valence-corrected chi connectivity index (χ2v) is 3.71. The highest BCUT2D eigenvalue weighted by Crippen LogP contribution is 2.20. The molecule has 1 heterocycles. The van der Waals surface area contributed by atoms with Gasteiger partial charge < -0.3 is 10.3 Å². The number of aromatic nitrogens is 1. The second kappa shape index (κ2) is 8.35. The van der Waals surface area contributed by atoms with Gasteiger partial charge in [-0.3, -0.25) is 4.79 Å². The molecule has 0 saturated carbocycles. The molecule has 1 aromatic heterocycles. The van der Waals surface area contributed by atoms with Crippen molar-refractivity contribution in [2.45, 2.75) is 41.5 Å². The summed E-state index contributed by atoms with van der Waals surface area (Å²) in [6, 6.07) is 5.98. The van der Waals surface area contributed by atoms with E-state index in [1.165, 1.54) is 0 Å². The first-order chi connectivity index (χ1) is 9.13. The van der Waals surface area contributed by atoms with Crippen LogP contribution in [0.5, 0.6) is 0 Å². The van der Waals surface area contributed by atoms with E-state index in [1.54, 1.807) is 0 Å². The molecule has 106 valence electrons. The van der Waals surface area contributed by atoms with E-state index in [-0.39, 0.29) is 5.56 Å². The van der Waals surface area contributed by atoms with Crippen LogP contribution >= 0.6 is 0 Å². The summed E-state index contributed by atoms with van der Waals surface area (Å²) < 4.78 is 0. The number of aryl methyl sites for hydroxylation is 1. The summed E-state index contributed by atoms with van der Waals surface area (Å²) in [5.41, 5.74) is 3.72. The smallest absolute Gasteiger partial charge is 0.251 e. The fourth-order valence-electron chi connectivity index (χ4n) is 1.72. The molecule has 0 spiro atoms. The van der Waals surface area contributed by atoms with Crippen molar-refractivity contribution in [1.82, 2.24) is 4.98 Å². The highest BCUT2D eigenvalue weighted by molar-refractivity contribution is 5.85. The molecule has 1 aromatic carbocycles. The quantitative estimate of drug-likeness (QED) is 0.807. The standard InChI is InChI=1S/C12H14N2O.2C2H6/c1-7-8(2)12(15)14-11-6-9(13-3)4-5-10(7)11;2*1-2/h4-6,13H,1-3H3,(H,14,15);2*1-2H3. The normalized spacial score (nSPS) is 9.00. The predicted molar refractivity (Wildman–Crippen MR) is 86.3 cm³/mol. The van der Waals surface area contributed by atoms with Crippen LogP contribution in [0.25, 0.3) is 10.9 Å². The zero-order valence-electron chi connectivity index (χ0n) is 13.1. The summed E-state index contributed by atoms with van der Waals surface area (Å²) in [6.07, 6.45) is 0. The van der Waals surface area contributed by atoms with Crippen LogP contribution in [0.2, 0.25) is 0 Å². The number of rotatable bonds is 1. The van der Waals surface area contributed by atoms with Crippen molar-refractivity contribution in [3.63, 3.8) is 0 Å². The number of fused-ring (bicyclic) bond motifs is 1. The lowest BCUT2D eigenvalue weighted by atomic mass is 10.1. The molecular formula is C16H26N2O. The minimum Gasteiger partial charge on any atom is -0.388 e. The Kier molecular flexibility index (Phi) is 7.57. The van der Waals surface area contributed by atoms with Crippen molar-refractivity contribution in [3.05, 3.63) is 39.7 Å². The zero-order valence-corrected chi connectivity index (χ0v) is 13.1. The van der Waals surface area contributed by atoms with Crippen LogP contribution in [-0.2, 0) is 0 Å². The summed E-state index contributed by atoms with van der Waals surface area (Å²) in [6.45, 7) is 11.8. The maximum Gasteiger partial charge on any atom is 0.251 e. The molecule has 0 fully saturated rings. The third-order valence-electron chi connectivity index (χ3n) is 2.86. The van der Waals surface area contributed by atoms with Gasteiger partial charge in [-0.25, -0.2) is 0 Å². The molecular weight excluding hydrogens is 236 g/mol. The van der Waals surface area contributed by atoms with E-state index in [4.69, 9.17) is 0 Å². The number of nitrogens with one attached hydrogen (secondary N) is 2. The Morgan fingerprint density at radius 1 is 1.00 bits per heavy atom. The van der Waals surface area contributed by atoms with Crippen LogP contribution in [0.3, 0.4) is 0 Å². The third-order valence-corrected chi connectivity index (χ3v) is 2.86. The molecule has 0 aliphatic heterocycles. The van der Waals surface area contributed by atoms with Crippen LogP contribution in [-0.4, -0.2) is 12.0 Å². The van der Waals surface area contributed by atoms with Gasteiger partial charge in [-0.1, -0.05) is 33.8 Å². The van der Waals surface area contributed by atoms with E-state index >= 15 is 0 Å². The lowest BCUT2D eigenvalue weighted by Gasteiger charge is -2.07. The Hall–Kier alpha value is -1.77. The number of pyridine rings is 1. The Balaban J connectivity index is 0.000000741. The molecule has 0 radical (unpaired) electrons. The van der Waals surface area contributed by atoms with Crippen molar-refractivity contribution in [2.24, 2.45) is 0 Å². The topological polar surface area (TPSA) is 44.9 Å². The molecule has 2 aromatic rings. The van der Waals surface area contributed by atoms with Gasteiger partial charge in [0.15, 0.2) is 0 Å². The third kappa shape index (κ3) is 3.85. The van der Waals surface area contributed by atoms with Gasteiger partial charge in [0.1, 0.15) is 0 Å². The number of benzene rings is 1. The van der Waals surface area contributed by atoms with Crippen molar-refractivity contribution in [3.8, 4) is 0 Å². The van der Waals surface area contributed by atoms with Crippen molar-refractivity contribution >= 4 is 16.6 Å². The minimum absolute atomic E-state index is 0.00625. The molecule has 0 saturated heterocycles. The molecule has 0 amide bonds. The van der Waals surface area contributed by atoms with Gasteiger partial charge in [-0.15, -0.1) is 0 Å². The van der Waals surface area contributed by atoms with Gasteiger partial charge in [0.2, 0.25) is 0 Å². The molecule has 0 bridgehead atoms. The highest BCUT2D eigenvalue weighted by Gasteiger charge is 2.04. The first-order valence-corrected chi connectivity index (χ1v) is 6.94. The van der Waals surface area contributed by atoms with Crippen molar-refractivity contribution in [1.29, 1.82) is 0 Å². The average molecular weight is 262 g/mol. The predicted octanol–water partition coefficient (Wildman–Crippen LogP) is 4.24. The van der Waals surface area contributed by atoms with E-state index in [0.717, 1.165) is 27.7 Å². The Labute approximate surface area is 116 Å². The van der Waals surface area contributed by atoms with Crippen molar-refractivity contribution in [2.75, 3.05) is 12.4 Å². The molecule has 2 N–H and O–H groups in total. The lowest BCUT2D eigenvalue weighted by molar-refractivity contribution is 1.20. The maximum absolute atomic E-state index is 11.6. The van der Waals surface area contributed by atoms with E-state index in [1.807, 2.05) is 66.8 Å². The average Bonchev–Trinajstić information content (AvgIpc) is 2.48. The van der Waals surface area contributed by atoms with E-state index in [0.29, 0.717) is 0 Å². The minimum atomic E-state index is -0.00625. The summed E-state index contributed by atoms with van der Waals surface area (Å²) in [4.78, 5) is 14.5. The van der Waals surface area contributed by atoms with Gasteiger partial charge >= 0.3 is 0 Å². The van der Waals surface area contributed by atoms with Crippen LogP contribution < -0.4 is 10.9 Å². The molecule has 2 rings (SSSR count). The summed E-state index contributed by atoms with van der Waals surface area (Å²) in [5, 5.41) is 4.15. The molecule has 0 atom stereocenters. The van der Waals surface area contributed by atoms with Gasteiger partial charge in [-0.05, 0) is 31.5 Å². The van der Waals surface area contributed by atoms with E-state index in [9.17, 15) is 4.79 Å². The van der Waals surface area contributed by atoms with Crippen LogP contribution in [0.1, 0.15) is 38.8 Å². The number of hydrogen-bond acceptors (Lipinski definition) is 2. The van der Waals surface area contributed by atoms with Crippen LogP contribution in [0.15, 0.2) is 23.0 Å². The zero-order chi connectivity index (χ0) is 15.0. The molecule has 3 heteroatoms. The second-order valence-electron chi connectivity index (χ2n) is 3.71. The van der Waals surface area contributed by atoms with E-state index in [2.05, 4.69) is 10.3 Å². The Bertz CT molecular complexity index is 571. The van der Waals surface area contributed by atoms with Gasteiger partial charge in [0.25, 0.3) is 5.56 Å². The highest BCUT2D eigenvalue weighted by atomic mass is 16.1. The molecule has 19 heavy (non-hydrogen) atoms. The first-order valence-electron chi connectivity index (χ1n) is 6.94. The van der Waals surface area contributed by atoms with Crippen LogP contribution in [0, 0.1) is 13.8 Å². The largest absolute Gasteiger partial charge is 0.388 e. The molecule has 0 aliphatic rings. The SMILES string of the molecule is CC.CC.CNc1ccc2c(C)c(C)c(=O)[nH]c2c1. The molecule has 3 nitrogen and oxygen atoms in total. The van der Waals surface area contributed by atoms with Crippen molar-refractivity contribution < 1.29 is 0 Å². The summed E-state index contributed by atoms with van der Waals surface area (Å²) >= 11 is 0. The number of aromatic amines is 1. The van der Waals surface area contributed by atoms with Gasteiger partial charge in [0, 0.05) is 23.7 Å². The Morgan fingerprint density at radius 2 is 1.58 bits per heavy atom. The Morgan fingerprint density at radius 3 is 2.11 bits per heavy atom. The first kappa shape index (κ1) is 17.2. The summed E-state index contributed by atoms with van der Waals surface area (Å²) in [7, 11) is 1.86. The fraction of sp³-hybridized carbons (Fsp3) is 0.438. The summed E-state index contributed by atoms with van der Waals surface area (Å²) in [5.74, 6) is 0. The van der Waals surface area contributed by atoms with Gasteiger partial charge in [0.05, 0.1) is 5.52 Å². The molecule has 0 unspecified atom stereocenters. The lowest BCUT2D eigenvalue weighted by Crippen LogP contribution is -2.11. The van der Waals surface area contributed by atoms with E-state index < -0.39 is 0 Å². The maximum atomic E-state index is 11.6. The number of H-pyrrole nitrogens is 1. The van der Waals surface area contributed by atoms with Gasteiger partial charge in [-0.2, -0.15) is 0 Å².